The minimum absolute atomic E-state index is 0.244. The van der Waals surface area contributed by atoms with Gasteiger partial charge < -0.3 is 14.3 Å². The van der Waals surface area contributed by atoms with E-state index in [1.807, 2.05) is 12.2 Å². The van der Waals surface area contributed by atoms with Gasteiger partial charge in [-0.3, -0.25) is 0 Å². The minimum Gasteiger partial charge on any atom is -0.352 e. The number of unbranched alkanes of at least 4 members (excludes halogenated alkanes) is 3. The van der Waals surface area contributed by atoms with E-state index in [0.29, 0.717) is 6.42 Å². The van der Waals surface area contributed by atoms with Gasteiger partial charge in [-0.25, -0.2) is 0 Å². The summed E-state index contributed by atoms with van der Waals surface area (Å²) < 4.78 is 9.92. The predicted molar refractivity (Wildman–Crippen MR) is 51.5 cm³/mol. The predicted octanol–water partition coefficient (Wildman–Crippen LogP) is 1.92. The first kappa shape index (κ1) is 12.3. The van der Waals surface area contributed by atoms with Crippen molar-refractivity contribution in [2.24, 2.45) is 0 Å². The number of carbonyl (C=O) groups excluding carboxylic acids is 1. The van der Waals surface area contributed by atoms with E-state index in [1.165, 1.54) is 0 Å². The highest BCUT2D eigenvalue weighted by molar-refractivity contribution is 5.48. The molecule has 0 aliphatic heterocycles. The molecule has 0 aromatic heterocycles. The molecule has 0 fully saturated rings. The standard InChI is InChI=1S/C10H18O3/c1-12-10(13-2)8-6-4-3-5-7-9-11/h6,8-10H,3-5,7H2,1-2H3/b8-6+. The average molecular weight is 186 g/mol. The van der Waals surface area contributed by atoms with Gasteiger partial charge in [-0.1, -0.05) is 6.08 Å². The second kappa shape index (κ2) is 9.42. The van der Waals surface area contributed by atoms with Gasteiger partial charge in [-0.05, 0) is 25.3 Å². The first-order valence-corrected chi connectivity index (χ1v) is 4.51. The number of allylic oxidation sites excluding steroid dienone is 1. The van der Waals surface area contributed by atoms with Gasteiger partial charge in [-0.2, -0.15) is 0 Å². The number of methoxy groups -OCH3 is 2. The van der Waals surface area contributed by atoms with Gasteiger partial charge in [-0.15, -0.1) is 0 Å². The van der Waals surface area contributed by atoms with Crippen molar-refractivity contribution in [1.82, 2.24) is 0 Å². The SMILES string of the molecule is COC(/C=C/CCCCC=O)OC. The molecule has 0 N–H and O–H groups in total. The lowest BCUT2D eigenvalue weighted by atomic mass is 10.2. The van der Waals surface area contributed by atoms with Crippen molar-refractivity contribution in [3.8, 4) is 0 Å². The van der Waals surface area contributed by atoms with Crippen LogP contribution in [-0.4, -0.2) is 26.8 Å². The zero-order valence-electron chi connectivity index (χ0n) is 8.36. The molecule has 0 amide bonds. The molecule has 3 heteroatoms. The second-order valence-corrected chi connectivity index (χ2v) is 2.72. The zero-order valence-corrected chi connectivity index (χ0v) is 8.36. The average Bonchev–Trinajstić information content (AvgIpc) is 2.17. The molecule has 13 heavy (non-hydrogen) atoms. The summed E-state index contributed by atoms with van der Waals surface area (Å²) in [5.74, 6) is 0. The quantitative estimate of drug-likeness (QED) is 0.251. The van der Waals surface area contributed by atoms with Crippen LogP contribution in [0.1, 0.15) is 25.7 Å². The number of carbonyl (C=O) groups is 1. The van der Waals surface area contributed by atoms with E-state index in [9.17, 15) is 4.79 Å². The topological polar surface area (TPSA) is 35.5 Å². The lowest BCUT2D eigenvalue weighted by Crippen LogP contribution is -2.08. The lowest BCUT2D eigenvalue weighted by molar-refractivity contribution is -0.107. The summed E-state index contributed by atoms with van der Waals surface area (Å²) >= 11 is 0. The molecule has 0 spiro atoms. The molecular formula is C10H18O3. The van der Waals surface area contributed by atoms with Crippen molar-refractivity contribution in [3.05, 3.63) is 12.2 Å². The van der Waals surface area contributed by atoms with Crippen molar-refractivity contribution < 1.29 is 14.3 Å². The molecule has 0 saturated carbocycles. The Morgan fingerprint density at radius 2 is 1.77 bits per heavy atom. The summed E-state index contributed by atoms with van der Waals surface area (Å²) in [6.45, 7) is 0. The Bertz CT molecular complexity index is 139. The highest BCUT2D eigenvalue weighted by atomic mass is 16.7. The monoisotopic (exact) mass is 186 g/mol. The van der Waals surface area contributed by atoms with E-state index >= 15 is 0 Å². The maximum Gasteiger partial charge on any atom is 0.176 e. The van der Waals surface area contributed by atoms with E-state index < -0.39 is 0 Å². The van der Waals surface area contributed by atoms with Gasteiger partial charge in [0, 0.05) is 20.6 Å². The molecule has 0 aromatic rings. The Balaban J connectivity index is 3.33. The van der Waals surface area contributed by atoms with Crippen LogP contribution >= 0.6 is 0 Å². The molecule has 76 valence electrons. The first-order valence-electron chi connectivity index (χ1n) is 4.51. The molecule has 0 radical (unpaired) electrons. The lowest BCUT2D eigenvalue weighted by Gasteiger charge is -2.06. The van der Waals surface area contributed by atoms with E-state index in [2.05, 4.69) is 0 Å². The van der Waals surface area contributed by atoms with Crippen LogP contribution < -0.4 is 0 Å². The number of ether oxygens (including phenoxy) is 2. The summed E-state index contributed by atoms with van der Waals surface area (Å²) in [4.78, 5) is 9.98. The first-order chi connectivity index (χ1) is 6.35. The normalized spacial score (nSPS) is 11.3. The Hall–Kier alpha value is -0.670. The minimum atomic E-state index is -0.244. The highest BCUT2D eigenvalue weighted by Crippen LogP contribution is 2.01. The molecule has 0 saturated heterocycles. The Morgan fingerprint density at radius 3 is 2.31 bits per heavy atom. The van der Waals surface area contributed by atoms with Crippen LogP contribution in [0.15, 0.2) is 12.2 Å². The Kier molecular flexibility index (Phi) is 8.93. The Labute approximate surface area is 79.7 Å². The fourth-order valence-electron chi connectivity index (χ4n) is 0.951. The van der Waals surface area contributed by atoms with Gasteiger partial charge in [0.1, 0.15) is 6.29 Å². The molecule has 0 aromatic carbocycles. The summed E-state index contributed by atoms with van der Waals surface area (Å²) in [6.07, 6.45) is 8.22. The molecule has 3 nitrogen and oxygen atoms in total. The van der Waals surface area contributed by atoms with E-state index in [4.69, 9.17) is 9.47 Å². The van der Waals surface area contributed by atoms with Gasteiger partial charge >= 0.3 is 0 Å². The van der Waals surface area contributed by atoms with Gasteiger partial charge in [0.25, 0.3) is 0 Å². The van der Waals surface area contributed by atoms with E-state index in [-0.39, 0.29) is 6.29 Å². The van der Waals surface area contributed by atoms with E-state index in [0.717, 1.165) is 25.5 Å². The van der Waals surface area contributed by atoms with Gasteiger partial charge in [0.2, 0.25) is 0 Å². The summed E-state index contributed by atoms with van der Waals surface area (Å²) in [7, 11) is 3.20. The number of rotatable bonds is 8. The van der Waals surface area contributed by atoms with Crippen LogP contribution in [0.2, 0.25) is 0 Å². The molecular weight excluding hydrogens is 168 g/mol. The second-order valence-electron chi connectivity index (χ2n) is 2.72. The third-order valence-electron chi connectivity index (χ3n) is 1.70. The van der Waals surface area contributed by atoms with Crippen molar-refractivity contribution in [2.45, 2.75) is 32.0 Å². The third-order valence-corrected chi connectivity index (χ3v) is 1.70. The van der Waals surface area contributed by atoms with Crippen LogP contribution in [0.3, 0.4) is 0 Å². The molecule has 0 unspecified atom stereocenters. The summed E-state index contributed by atoms with van der Waals surface area (Å²) in [5, 5.41) is 0. The maximum atomic E-state index is 9.98. The summed E-state index contributed by atoms with van der Waals surface area (Å²) in [6, 6.07) is 0. The van der Waals surface area contributed by atoms with Crippen molar-refractivity contribution in [3.63, 3.8) is 0 Å². The number of aldehydes is 1. The van der Waals surface area contributed by atoms with Crippen LogP contribution in [0, 0.1) is 0 Å². The van der Waals surface area contributed by atoms with Crippen molar-refractivity contribution in [1.29, 1.82) is 0 Å². The van der Waals surface area contributed by atoms with Crippen LogP contribution in [0.5, 0.6) is 0 Å². The Morgan fingerprint density at radius 1 is 1.15 bits per heavy atom. The number of hydrogen-bond donors (Lipinski definition) is 0. The van der Waals surface area contributed by atoms with Crippen LogP contribution in [0.25, 0.3) is 0 Å². The molecule has 0 heterocycles. The van der Waals surface area contributed by atoms with Gasteiger partial charge in [0.05, 0.1) is 0 Å². The van der Waals surface area contributed by atoms with Crippen molar-refractivity contribution >= 4 is 6.29 Å². The largest absolute Gasteiger partial charge is 0.352 e. The van der Waals surface area contributed by atoms with Crippen molar-refractivity contribution in [2.75, 3.05) is 14.2 Å². The highest BCUT2D eigenvalue weighted by Gasteiger charge is 1.95. The number of hydrogen-bond acceptors (Lipinski definition) is 3. The molecule has 0 atom stereocenters. The fraction of sp³-hybridized carbons (Fsp3) is 0.700. The summed E-state index contributed by atoms with van der Waals surface area (Å²) in [5.41, 5.74) is 0. The van der Waals surface area contributed by atoms with Crippen LogP contribution in [-0.2, 0) is 14.3 Å². The maximum absolute atomic E-state index is 9.98. The fourth-order valence-corrected chi connectivity index (χ4v) is 0.951. The van der Waals surface area contributed by atoms with E-state index in [1.54, 1.807) is 14.2 Å². The zero-order chi connectivity index (χ0) is 9.94. The molecule has 0 rings (SSSR count). The third kappa shape index (κ3) is 7.68. The van der Waals surface area contributed by atoms with Gasteiger partial charge in [0.15, 0.2) is 6.29 Å². The molecule has 0 aliphatic carbocycles. The molecule has 0 aliphatic rings. The smallest absolute Gasteiger partial charge is 0.176 e. The molecule has 0 bridgehead atoms. The van der Waals surface area contributed by atoms with Crippen LogP contribution in [0.4, 0.5) is 0 Å².